The number of hydrogen-bond donors (Lipinski definition) is 0. The largest absolute Gasteiger partial charge is 0.422 e. The number of fused-ring (bicyclic) bond motifs is 3. The summed E-state index contributed by atoms with van der Waals surface area (Å²) in [5, 5.41) is 5.39. The molecule has 4 nitrogen and oxygen atoms in total. The first-order valence-electron chi connectivity index (χ1n) is 6.73. The molecule has 0 saturated heterocycles. The minimum atomic E-state index is -0.456. The van der Waals surface area contributed by atoms with E-state index in [9.17, 15) is 4.79 Å². The number of hydrogen-bond acceptors (Lipinski definition) is 4. The van der Waals surface area contributed by atoms with Crippen molar-refractivity contribution in [2.24, 2.45) is 0 Å². The third kappa shape index (κ3) is 1.84. The van der Waals surface area contributed by atoms with Crippen molar-refractivity contribution in [3.8, 4) is 11.1 Å². The van der Waals surface area contributed by atoms with E-state index in [1.165, 1.54) is 0 Å². The molecule has 0 spiro atoms. The summed E-state index contributed by atoms with van der Waals surface area (Å²) in [6.45, 7) is 1.70. The maximum Gasteiger partial charge on any atom is 0.349 e. The van der Waals surface area contributed by atoms with Gasteiger partial charge < -0.3 is 8.94 Å². The predicted molar refractivity (Wildman–Crippen MR) is 85.2 cm³/mol. The zero-order valence-electron chi connectivity index (χ0n) is 11.6. The number of nitrogens with zero attached hydrogens (tertiary/aromatic N) is 1. The molecule has 22 heavy (non-hydrogen) atoms. The molecule has 0 N–H and O–H groups in total. The fraction of sp³-hybridized carbons (Fsp3) is 0.0588. The fourth-order valence-electron chi connectivity index (χ4n) is 2.60. The molecule has 0 fully saturated rings. The zero-order valence-corrected chi connectivity index (χ0v) is 12.3. The van der Waals surface area contributed by atoms with Crippen molar-refractivity contribution in [1.82, 2.24) is 5.16 Å². The lowest BCUT2D eigenvalue weighted by molar-refractivity contribution is 0.451. The van der Waals surface area contributed by atoms with E-state index in [-0.39, 0.29) is 0 Å². The van der Waals surface area contributed by atoms with Crippen LogP contribution in [0.3, 0.4) is 0 Å². The Hall–Kier alpha value is -2.59. The van der Waals surface area contributed by atoms with Crippen LogP contribution in [-0.2, 0) is 0 Å². The van der Waals surface area contributed by atoms with Gasteiger partial charge >= 0.3 is 5.63 Å². The van der Waals surface area contributed by atoms with Crippen molar-refractivity contribution in [3.63, 3.8) is 0 Å². The Morgan fingerprint density at radius 2 is 1.91 bits per heavy atom. The molecule has 2 aromatic carbocycles. The lowest BCUT2D eigenvalue weighted by Crippen LogP contribution is -1.99. The van der Waals surface area contributed by atoms with Crippen molar-refractivity contribution in [2.45, 2.75) is 6.92 Å². The van der Waals surface area contributed by atoms with E-state index in [1.54, 1.807) is 19.1 Å². The maximum absolute atomic E-state index is 12.1. The molecule has 0 bridgehead atoms. The molecule has 0 saturated carbocycles. The predicted octanol–water partition coefficient (Wildman–Crippen LogP) is 4.56. The second-order valence-corrected chi connectivity index (χ2v) is 5.46. The van der Waals surface area contributed by atoms with E-state index < -0.39 is 5.63 Å². The third-order valence-electron chi connectivity index (χ3n) is 3.67. The van der Waals surface area contributed by atoms with Gasteiger partial charge in [-0.05, 0) is 24.6 Å². The van der Waals surface area contributed by atoms with Crippen molar-refractivity contribution >= 4 is 33.5 Å². The van der Waals surface area contributed by atoms with Crippen molar-refractivity contribution in [3.05, 3.63) is 63.6 Å². The van der Waals surface area contributed by atoms with Crippen LogP contribution in [0.15, 0.2) is 56.2 Å². The van der Waals surface area contributed by atoms with Crippen LogP contribution in [0, 0.1) is 6.92 Å². The van der Waals surface area contributed by atoms with Gasteiger partial charge in [0.05, 0.1) is 11.1 Å². The number of halogens is 1. The summed E-state index contributed by atoms with van der Waals surface area (Å²) < 4.78 is 10.7. The minimum absolute atomic E-state index is 0.357. The molecule has 2 aromatic heterocycles. The van der Waals surface area contributed by atoms with Gasteiger partial charge in [-0.2, -0.15) is 0 Å². The van der Waals surface area contributed by atoms with E-state index >= 15 is 0 Å². The molecule has 0 aliphatic rings. The van der Waals surface area contributed by atoms with Crippen LogP contribution in [0.1, 0.15) is 5.69 Å². The van der Waals surface area contributed by atoms with Gasteiger partial charge in [0.15, 0.2) is 5.58 Å². The van der Waals surface area contributed by atoms with Crippen molar-refractivity contribution in [1.29, 1.82) is 0 Å². The van der Waals surface area contributed by atoms with Gasteiger partial charge in [0, 0.05) is 10.6 Å². The first-order chi connectivity index (χ1) is 10.6. The topological polar surface area (TPSA) is 56.2 Å². The monoisotopic (exact) mass is 311 g/mol. The zero-order chi connectivity index (χ0) is 15.3. The molecule has 0 aliphatic carbocycles. The lowest BCUT2D eigenvalue weighted by atomic mass is 10.0. The quantitative estimate of drug-likeness (QED) is 0.483. The molecule has 0 aliphatic heterocycles. The Kier molecular flexibility index (Phi) is 2.81. The van der Waals surface area contributed by atoms with Crippen LogP contribution in [0.4, 0.5) is 0 Å². The summed E-state index contributed by atoms with van der Waals surface area (Å²) >= 11 is 6.40. The number of benzene rings is 2. The van der Waals surface area contributed by atoms with Crippen LogP contribution in [0.5, 0.6) is 0 Å². The molecule has 0 atom stereocenters. The van der Waals surface area contributed by atoms with Gasteiger partial charge in [0.25, 0.3) is 0 Å². The van der Waals surface area contributed by atoms with E-state index in [2.05, 4.69) is 5.16 Å². The summed E-state index contributed by atoms with van der Waals surface area (Å²) in [6.07, 6.45) is 0. The molecule has 4 aromatic rings. The third-order valence-corrected chi connectivity index (χ3v) is 3.98. The highest BCUT2D eigenvalue weighted by molar-refractivity contribution is 6.34. The second kappa shape index (κ2) is 4.71. The number of aromatic nitrogens is 1. The van der Waals surface area contributed by atoms with Gasteiger partial charge in [-0.15, -0.1) is 0 Å². The lowest BCUT2D eigenvalue weighted by Gasteiger charge is -2.06. The van der Waals surface area contributed by atoms with E-state index in [0.717, 1.165) is 11.1 Å². The van der Waals surface area contributed by atoms with E-state index in [4.69, 9.17) is 20.5 Å². The van der Waals surface area contributed by atoms with Gasteiger partial charge in [-0.25, -0.2) is 4.79 Å². The van der Waals surface area contributed by atoms with Crippen LogP contribution in [0.2, 0.25) is 5.02 Å². The van der Waals surface area contributed by atoms with E-state index in [1.807, 2.05) is 30.3 Å². The first-order valence-corrected chi connectivity index (χ1v) is 7.11. The first kappa shape index (κ1) is 13.1. The maximum atomic E-state index is 12.1. The molecule has 0 amide bonds. The standard InChI is InChI=1S/C17H10ClNO3/c1-9-15-16(22-19-9)12-7-13(18)11(8-14(12)21-17(15)20)10-5-3-2-4-6-10/h2-8H,1H3. The molecule has 0 unspecified atom stereocenters. The summed E-state index contributed by atoms with van der Waals surface area (Å²) in [6, 6.07) is 13.2. The highest BCUT2D eigenvalue weighted by Gasteiger charge is 2.17. The SMILES string of the molecule is Cc1noc2c1c(=O)oc1cc(-c3ccccc3)c(Cl)cc12. The Morgan fingerprint density at radius 1 is 1.14 bits per heavy atom. The van der Waals surface area contributed by atoms with Gasteiger partial charge in [-0.3, -0.25) is 0 Å². The fourth-order valence-corrected chi connectivity index (χ4v) is 2.87. The Labute approximate surface area is 129 Å². The molecule has 4 rings (SSSR count). The average molecular weight is 312 g/mol. The van der Waals surface area contributed by atoms with Crippen LogP contribution >= 0.6 is 11.6 Å². The molecule has 108 valence electrons. The smallest absolute Gasteiger partial charge is 0.349 e. The second-order valence-electron chi connectivity index (χ2n) is 5.06. The Balaban J connectivity index is 2.11. The van der Waals surface area contributed by atoms with Crippen LogP contribution < -0.4 is 5.63 Å². The summed E-state index contributed by atoms with van der Waals surface area (Å²) in [5.74, 6) is 0. The Morgan fingerprint density at radius 3 is 2.68 bits per heavy atom. The van der Waals surface area contributed by atoms with Crippen LogP contribution in [-0.4, -0.2) is 5.16 Å². The van der Waals surface area contributed by atoms with Crippen molar-refractivity contribution in [2.75, 3.05) is 0 Å². The molecule has 5 heteroatoms. The Bertz CT molecular complexity index is 1060. The summed E-state index contributed by atoms with van der Waals surface area (Å²) in [7, 11) is 0. The minimum Gasteiger partial charge on any atom is -0.422 e. The molecular weight excluding hydrogens is 302 g/mol. The summed E-state index contributed by atoms with van der Waals surface area (Å²) in [5.41, 5.74) is 2.64. The van der Waals surface area contributed by atoms with Gasteiger partial charge in [0.2, 0.25) is 0 Å². The highest BCUT2D eigenvalue weighted by atomic mass is 35.5. The highest BCUT2D eigenvalue weighted by Crippen LogP contribution is 2.34. The van der Waals surface area contributed by atoms with Gasteiger partial charge in [0.1, 0.15) is 11.0 Å². The van der Waals surface area contributed by atoms with E-state index in [0.29, 0.717) is 32.7 Å². The average Bonchev–Trinajstić information content (AvgIpc) is 2.91. The normalized spacial score (nSPS) is 11.4. The molecule has 2 heterocycles. The number of rotatable bonds is 1. The molecule has 0 radical (unpaired) electrons. The molecular formula is C17H10ClNO3. The van der Waals surface area contributed by atoms with Crippen molar-refractivity contribution < 1.29 is 8.94 Å². The summed E-state index contributed by atoms with van der Waals surface area (Å²) in [4.78, 5) is 12.1. The van der Waals surface area contributed by atoms with Crippen LogP contribution in [0.25, 0.3) is 33.1 Å². The van der Waals surface area contributed by atoms with Gasteiger partial charge in [-0.1, -0.05) is 47.1 Å². The number of aryl methyl sites for hydroxylation is 1.